The monoisotopic (exact) mass is 526 g/mol. The molecule has 0 spiro atoms. The van der Waals surface area contributed by atoms with Crippen LogP contribution < -0.4 is 0 Å². The average Bonchev–Trinajstić information content (AvgIpc) is 3.45. The second-order valence-corrected chi connectivity index (χ2v) is 9.97. The van der Waals surface area contributed by atoms with E-state index in [2.05, 4.69) is 70.6 Å². The number of aromatic nitrogens is 4. The number of fused-ring (bicyclic) bond motifs is 5. The minimum absolute atomic E-state index is 0.818. The summed E-state index contributed by atoms with van der Waals surface area (Å²) in [6, 6.07) is 37.0. The first-order valence-electron chi connectivity index (χ1n) is 13.5. The summed E-state index contributed by atoms with van der Waals surface area (Å²) in [5.41, 5.74) is 10.6. The van der Waals surface area contributed by atoms with Gasteiger partial charge in [-0.05, 0) is 65.7 Å². The van der Waals surface area contributed by atoms with E-state index in [9.17, 15) is 0 Å². The quantitative estimate of drug-likeness (QED) is 0.229. The van der Waals surface area contributed by atoms with Crippen molar-refractivity contribution in [3.63, 3.8) is 0 Å². The van der Waals surface area contributed by atoms with Crippen LogP contribution in [0.4, 0.5) is 0 Å². The van der Waals surface area contributed by atoms with Crippen molar-refractivity contribution in [3.8, 4) is 56.2 Å². The first-order valence-corrected chi connectivity index (χ1v) is 13.5. The van der Waals surface area contributed by atoms with Gasteiger partial charge in [0.1, 0.15) is 11.3 Å². The third-order valence-corrected chi connectivity index (χ3v) is 7.44. The molecule has 0 saturated carbocycles. The molecule has 2 aliphatic heterocycles. The van der Waals surface area contributed by atoms with Gasteiger partial charge in [-0.15, -0.1) is 0 Å². The zero-order valence-corrected chi connectivity index (χ0v) is 21.9. The number of nitrogens with zero attached hydrogens (tertiary/aromatic N) is 4. The van der Waals surface area contributed by atoms with Crippen molar-refractivity contribution in [2.45, 2.75) is 0 Å². The van der Waals surface area contributed by atoms with Gasteiger partial charge >= 0.3 is 0 Å². The SMILES string of the molecule is c1cncc(-c2cc(-c3ccc(-c4oc5ccccc5c5nc6ccccc6c4-5)cc3)cc(-c3cccnc3)n2)c1. The van der Waals surface area contributed by atoms with Gasteiger partial charge in [-0.2, -0.15) is 0 Å². The first-order chi connectivity index (χ1) is 20.3. The highest BCUT2D eigenvalue weighted by Gasteiger charge is 2.23. The Kier molecular flexibility index (Phi) is 5.38. The minimum Gasteiger partial charge on any atom is -0.455 e. The lowest BCUT2D eigenvalue weighted by molar-refractivity contribution is 0.622. The number of pyridine rings is 3. The molecule has 0 amide bonds. The first kappa shape index (κ1) is 23.2. The third kappa shape index (κ3) is 4.03. The van der Waals surface area contributed by atoms with Crippen molar-refractivity contribution < 1.29 is 4.42 Å². The van der Waals surface area contributed by atoms with Crippen LogP contribution in [0.15, 0.2) is 138 Å². The predicted octanol–water partition coefficient (Wildman–Crippen LogP) is 8.94. The van der Waals surface area contributed by atoms with Gasteiger partial charge in [0, 0.05) is 52.3 Å². The molecule has 0 bridgehead atoms. The summed E-state index contributed by atoms with van der Waals surface area (Å²) < 4.78 is 6.56. The van der Waals surface area contributed by atoms with Crippen LogP contribution in [-0.2, 0) is 0 Å². The molecule has 6 aromatic rings. The van der Waals surface area contributed by atoms with E-state index >= 15 is 0 Å². The lowest BCUT2D eigenvalue weighted by Crippen LogP contribution is -1.92. The Morgan fingerprint density at radius 1 is 0.488 bits per heavy atom. The second kappa shape index (κ2) is 9.50. The van der Waals surface area contributed by atoms with E-state index in [0.29, 0.717) is 0 Å². The van der Waals surface area contributed by atoms with Gasteiger partial charge < -0.3 is 4.42 Å². The topological polar surface area (TPSA) is 64.7 Å². The summed E-state index contributed by atoms with van der Waals surface area (Å²) in [6.07, 6.45) is 7.22. The third-order valence-electron chi connectivity index (χ3n) is 7.44. The van der Waals surface area contributed by atoms with Gasteiger partial charge in [-0.1, -0.05) is 54.6 Å². The highest BCUT2D eigenvalue weighted by molar-refractivity contribution is 6.10. The molecule has 0 radical (unpaired) electrons. The van der Waals surface area contributed by atoms with Crippen LogP contribution in [0.5, 0.6) is 0 Å². The van der Waals surface area contributed by atoms with Gasteiger partial charge in [-0.3, -0.25) is 9.97 Å². The zero-order chi connectivity index (χ0) is 27.2. The Morgan fingerprint density at radius 2 is 1.12 bits per heavy atom. The van der Waals surface area contributed by atoms with Crippen molar-refractivity contribution in [3.05, 3.63) is 134 Å². The largest absolute Gasteiger partial charge is 0.455 e. The van der Waals surface area contributed by atoms with Crippen LogP contribution in [0.2, 0.25) is 0 Å². The summed E-state index contributed by atoms with van der Waals surface area (Å²) in [6.45, 7) is 0. The maximum Gasteiger partial charge on any atom is 0.144 e. The molecule has 3 aromatic carbocycles. The molecule has 0 N–H and O–H groups in total. The molecule has 0 aliphatic carbocycles. The highest BCUT2D eigenvalue weighted by Crippen LogP contribution is 2.44. The number of hydrogen-bond acceptors (Lipinski definition) is 5. The van der Waals surface area contributed by atoms with Gasteiger partial charge in [0.25, 0.3) is 0 Å². The maximum atomic E-state index is 6.56. The summed E-state index contributed by atoms with van der Waals surface area (Å²) in [5, 5.41) is 2.11. The summed E-state index contributed by atoms with van der Waals surface area (Å²) >= 11 is 0. The molecule has 41 heavy (non-hydrogen) atoms. The average molecular weight is 527 g/mol. The Hall–Kier alpha value is -5.68. The van der Waals surface area contributed by atoms with Crippen LogP contribution in [-0.4, -0.2) is 19.9 Å². The Labute approximate surface area is 236 Å². The minimum atomic E-state index is 0.818. The van der Waals surface area contributed by atoms with Crippen LogP contribution in [0.25, 0.3) is 78.1 Å². The van der Waals surface area contributed by atoms with E-state index < -0.39 is 0 Å². The predicted molar refractivity (Wildman–Crippen MR) is 163 cm³/mol. The molecular weight excluding hydrogens is 504 g/mol. The molecule has 0 unspecified atom stereocenters. The molecule has 192 valence electrons. The van der Waals surface area contributed by atoms with Crippen LogP contribution in [0.3, 0.4) is 0 Å². The van der Waals surface area contributed by atoms with Crippen molar-refractivity contribution in [1.82, 2.24) is 19.9 Å². The Balaban J connectivity index is 1.28. The fourth-order valence-corrected chi connectivity index (χ4v) is 5.46. The lowest BCUT2D eigenvalue weighted by atomic mass is 9.96. The molecule has 2 aliphatic rings. The van der Waals surface area contributed by atoms with Crippen molar-refractivity contribution in [2.75, 3.05) is 0 Å². The van der Waals surface area contributed by atoms with E-state index in [4.69, 9.17) is 14.4 Å². The van der Waals surface area contributed by atoms with Gasteiger partial charge in [-0.25, -0.2) is 9.97 Å². The molecule has 5 nitrogen and oxygen atoms in total. The van der Waals surface area contributed by atoms with Crippen molar-refractivity contribution in [1.29, 1.82) is 0 Å². The van der Waals surface area contributed by atoms with E-state index in [-0.39, 0.29) is 0 Å². The van der Waals surface area contributed by atoms with Crippen LogP contribution >= 0.6 is 0 Å². The highest BCUT2D eigenvalue weighted by atomic mass is 16.3. The summed E-state index contributed by atoms with van der Waals surface area (Å²) in [7, 11) is 0. The maximum absolute atomic E-state index is 6.56. The fraction of sp³-hybridized carbons (Fsp3) is 0. The summed E-state index contributed by atoms with van der Waals surface area (Å²) in [5.74, 6) is 0.820. The number of para-hydroxylation sites is 2. The Morgan fingerprint density at radius 3 is 1.80 bits per heavy atom. The van der Waals surface area contributed by atoms with Crippen molar-refractivity contribution >= 4 is 21.9 Å². The molecule has 0 fully saturated rings. The van der Waals surface area contributed by atoms with Gasteiger partial charge in [0.15, 0.2) is 0 Å². The van der Waals surface area contributed by atoms with Crippen molar-refractivity contribution in [2.24, 2.45) is 0 Å². The molecule has 8 rings (SSSR count). The number of hydrogen-bond donors (Lipinski definition) is 0. The van der Waals surface area contributed by atoms with E-state index in [0.717, 1.165) is 78.1 Å². The molecule has 0 saturated heterocycles. The summed E-state index contributed by atoms with van der Waals surface area (Å²) in [4.78, 5) is 18.6. The standard InChI is InChI=1S/C36H22N4O/c1-3-11-30-28(9-1)34-35(40-30)29-10-2-4-12-33(29)41-36(34)24-15-13-23(14-16-24)27-19-31(25-7-5-17-37-21-25)39-32(20-27)26-8-6-18-38-22-26/h1-22H. The zero-order valence-electron chi connectivity index (χ0n) is 21.9. The number of rotatable bonds is 4. The second-order valence-electron chi connectivity index (χ2n) is 9.97. The molecule has 3 aromatic heterocycles. The Bertz CT molecular complexity index is 2080. The van der Waals surface area contributed by atoms with Gasteiger partial charge in [0.05, 0.1) is 28.2 Å². The van der Waals surface area contributed by atoms with E-state index in [1.165, 1.54) is 0 Å². The van der Waals surface area contributed by atoms with Gasteiger partial charge in [0.2, 0.25) is 0 Å². The molecule has 5 heteroatoms. The molecule has 5 heterocycles. The molecule has 0 atom stereocenters. The van der Waals surface area contributed by atoms with Crippen LogP contribution in [0, 0.1) is 0 Å². The fourth-order valence-electron chi connectivity index (χ4n) is 5.46. The molecular formula is C36H22N4O. The van der Waals surface area contributed by atoms with E-state index in [1.54, 1.807) is 12.4 Å². The van der Waals surface area contributed by atoms with E-state index in [1.807, 2.05) is 60.9 Å². The van der Waals surface area contributed by atoms with Crippen LogP contribution in [0.1, 0.15) is 0 Å². The smallest absolute Gasteiger partial charge is 0.144 e. The normalized spacial score (nSPS) is 11.4. The lowest BCUT2D eigenvalue weighted by Gasteiger charge is -2.13. The number of benzene rings is 3.